The van der Waals surface area contributed by atoms with Gasteiger partial charge in [-0.2, -0.15) is 17.0 Å². The molecule has 0 saturated heterocycles. The van der Waals surface area contributed by atoms with Crippen LogP contribution < -0.4 is 10.6 Å². The average molecular weight is 303 g/mol. The van der Waals surface area contributed by atoms with E-state index in [0.29, 0.717) is 11.7 Å². The minimum Gasteiger partial charge on any atom is -0.334 e. The lowest BCUT2D eigenvalue weighted by Gasteiger charge is -2.20. The topological polar surface area (TPSA) is 64.9 Å². The van der Waals surface area contributed by atoms with Crippen molar-refractivity contribution in [2.45, 2.75) is 43.9 Å². The summed E-state index contributed by atoms with van der Waals surface area (Å²) in [6.45, 7) is 2.16. The van der Waals surface area contributed by atoms with Gasteiger partial charge in [0.15, 0.2) is 0 Å². The number of thioether (sulfide) groups is 1. The third-order valence-corrected chi connectivity index (χ3v) is 4.97. The molecule has 1 aliphatic rings. The third-order valence-electron chi connectivity index (χ3n) is 3.64. The monoisotopic (exact) mass is 303 g/mol. The van der Waals surface area contributed by atoms with Gasteiger partial charge in [-0.15, -0.1) is 0 Å². The molecule has 0 radical (unpaired) electrons. The van der Waals surface area contributed by atoms with E-state index in [1.807, 2.05) is 36.0 Å². The summed E-state index contributed by atoms with van der Waals surface area (Å²) in [4.78, 5) is 12.0. The molecule has 0 heterocycles. The number of nitrogens with one attached hydrogen (secondary N) is 2. The van der Waals surface area contributed by atoms with Crippen LogP contribution in [0, 0.1) is 11.3 Å². The van der Waals surface area contributed by atoms with E-state index in [2.05, 4.69) is 23.6 Å². The average Bonchev–Trinajstić information content (AvgIpc) is 2.89. The van der Waals surface area contributed by atoms with Crippen LogP contribution in [0.3, 0.4) is 0 Å². The van der Waals surface area contributed by atoms with Gasteiger partial charge in [0, 0.05) is 17.0 Å². The van der Waals surface area contributed by atoms with Crippen molar-refractivity contribution in [3.63, 3.8) is 0 Å². The Hall–Kier alpha value is -1.67. The Balaban J connectivity index is 1.85. The number of hydrogen-bond acceptors (Lipinski definition) is 3. The zero-order valence-electron chi connectivity index (χ0n) is 12.3. The van der Waals surface area contributed by atoms with E-state index < -0.39 is 0 Å². The van der Waals surface area contributed by atoms with Crippen LogP contribution in [0.15, 0.2) is 24.3 Å². The van der Waals surface area contributed by atoms with Gasteiger partial charge < -0.3 is 10.6 Å². The molecule has 0 aromatic heterocycles. The van der Waals surface area contributed by atoms with Crippen molar-refractivity contribution >= 4 is 23.5 Å². The van der Waals surface area contributed by atoms with E-state index in [4.69, 9.17) is 5.26 Å². The molecule has 1 aromatic rings. The van der Waals surface area contributed by atoms with Gasteiger partial charge in [-0.1, -0.05) is 25.5 Å². The maximum atomic E-state index is 12.0. The number of carbonyl (C=O) groups excluding carboxylic acids is 1. The molecule has 0 unspecified atom stereocenters. The van der Waals surface area contributed by atoms with Crippen LogP contribution in [0.1, 0.15) is 31.7 Å². The van der Waals surface area contributed by atoms with Crippen LogP contribution in [0.4, 0.5) is 10.5 Å². The second kappa shape index (κ2) is 7.94. The van der Waals surface area contributed by atoms with Crippen molar-refractivity contribution < 1.29 is 4.79 Å². The minimum absolute atomic E-state index is 0.142. The fourth-order valence-electron chi connectivity index (χ4n) is 2.64. The number of benzene rings is 1. The van der Waals surface area contributed by atoms with Gasteiger partial charge >= 0.3 is 6.03 Å². The summed E-state index contributed by atoms with van der Waals surface area (Å²) >= 11 is 1.93. The maximum Gasteiger partial charge on any atom is 0.319 e. The van der Waals surface area contributed by atoms with Crippen molar-refractivity contribution in [2.75, 3.05) is 11.1 Å². The second-order valence-corrected chi connectivity index (χ2v) is 6.68. The van der Waals surface area contributed by atoms with Crippen LogP contribution in [0.5, 0.6) is 0 Å². The fourth-order valence-corrected chi connectivity index (χ4v) is 3.84. The molecular weight excluding hydrogens is 282 g/mol. The Morgan fingerprint density at radius 3 is 2.81 bits per heavy atom. The Bertz CT molecular complexity index is 509. The molecule has 5 heteroatoms. The standard InChI is InChI=1S/C16H21N3OS/c1-2-21-15-5-3-4-14(15)19-16(20)18-13-8-6-12(7-9-13)10-11-17/h6-9,14-15H,2-5,10H2,1H3,(H2,18,19,20)/t14-,15-/m0/s1. The molecule has 4 nitrogen and oxygen atoms in total. The summed E-state index contributed by atoms with van der Waals surface area (Å²) in [7, 11) is 0. The van der Waals surface area contributed by atoms with Gasteiger partial charge in [-0.05, 0) is 36.3 Å². The highest BCUT2D eigenvalue weighted by atomic mass is 32.2. The van der Waals surface area contributed by atoms with E-state index >= 15 is 0 Å². The first kappa shape index (κ1) is 15.7. The first-order valence-corrected chi connectivity index (χ1v) is 8.42. The SMILES string of the molecule is CCS[C@H]1CCC[C@@H]1NC(=O)Nc1ccc(CC#N)cc1. The van der Waals surface area contributed by atoms with Crippen LogP contribution in [-0.2, 0) is 6.42 Å². The molecule has 112 valence electrons. The van der Waals surface area contributed by atoms with Crippen molar-refractivity contribution in [3.8, 4) is 6.07 Å². The van der Waals surface area contributed by atoms with Gasteiger partial charge in [-0.3, -0.25) is 0 Å². The van der Waals surface area contributed by atoms with Crippen LogP contribution >= 0.6 is 11.8 Å². The van der Waals surface area contributed by atoms with Crippen LogP contribution in [0.25, 0.3) is 0 Å². The van der Waals surface area contributed by atoms with Gasteiger partial charge in [0.2, 0.25) is 0 Å². The molecule has 2 N–H and O–H groups in total. The largest absolute Gasteiger partial charge is 0.334 e. The Kier molecular flexibility index (Phi) is 5.94. The lowest BCUT2D eigenvalue weighted by atomic mass is 10.1. The lowest BCUT2D eigenvalue weighted by molar-refractivity contribution is 0.249. The van der Waals surface area contributed by atoms with E-state index in [1.54, 1.807) is 0 Å². The zero-order valence-corrected chi connectivity index (χ0v) is 13.1. The van der Waals surface area contributed by atoms with Crippen LogP contribution in [-0.4, -0.2) is 23.1 Å². The van der Waals surface area contributed by atoms with Crippen molar-refractivity contribution in [1.29, 1.82) is 5.26 Å². The molecule has 0 aliphatic heterocycles. The molecule has 2 rings (SSSR count). The Morgan fingerprint density at radius 1 is 1.38 bits per heavy atom. The summed E-state index contributed by atoms with van der Waals surface area (Å²) in [5.41, 5.74) is 1.71. The van der Waals surface area contributed by atoms with Gasteiger partial charge in [-0.25, -0.2) is 4.79 Å². The van der Waals surface area contributed by atoms with Gasteiger partial charge in [0.1, 0.15) is 0 Å². The summed E-state index contributed by atoms with van der Waals surface area (Å²) < 4.78 is 0. The predicted octanol–water partition coefficient (Wildman–Crippen LogP) is 3.55. The molecule has 2 atom stereocenters. The van der Waals surface area contributed by atoms with E-state index in [9.17, 15) is 4.79 Å². The molecule has 0 spiro atoms. The number of nitrogens with zero attached hydrogens (tertiary/aromatic N) is 1. The summed E-state index contributed by atoms with van der Waals surface area (Å²) in [5, 5.41) is 15.1. The molecule has 1 aliphatic carbocycles. The van der Waals surface area contributed by atoms with Crippen molar-refractivity contribution in [2.24, 2.45) is 0 Å². The number of urea groups is 1. The first-order valence-electron chi connectivity index (χ1n) is 7.38. The highest BCUT2D eigenvalue weighted by Gasteiger charge is 2.28. The molecule has 2 amide bonds. The number of nitriles is 1. The lowest BCUT2D eigenvalue weighted by Crippen LogP contribution is -2.41. The van der Waals surface area contributed by atoms with Gasteiger partial charge in [0.05, 0.1) is 12.5 Å². The molecule has 1 fully saturated rings. The second-order valence-electron chi connectivity index (χ2n) is 5.16. The predicted molar refractivity (Wildman–Crippen MR) is 87.5 cm³/mol. The molecule has 1 saturated carbocycles. The summed E-state index contributed by atoms with van der Waals surface area (Å²) in [5.74, 6) is 1.09. The highest BCUT2D eigenvalue weighted by Crippen LogP contribution is 2.29. The smallest absolute Gasteiger partial charge is 0.319 e. The minimum atomic E-state index is -0.142. The molecular formula is C16H21N3OS. The molecule has 21 heavy (non-hydrogen) atoms. The van der Waals surface area contributed by atoms with E-state index in [1.165, 1.54) is 12.8 Å². The number of amides is 2. The van der Waals surface area contributed by atoms with Crippen molar-refractivity contribution in [1.82, 2.24) is 5.32 Å². The zero-order chi connectivity index (χ0) is 15.1. The third kappa shape index (κ3) is 4.68. The van der Waals surface area contributed by atoms with Crippen molar-refractivity contribution in [3.05, 3.63) is 29.8 Å². The summed E-state index contributed by atoms with van der Waals surface area (Å²) in [6.07, 6.45) is 3.83. The first-order chi connectivity index (χ1) is 10.2. The number of hydrogen-bond donors (Lipinski definition) is 2. The maximum absolute atomic E-state index is 12.0. The highest BCUT2D eigenvalue weighted by molar-refractivity contribution is 7.99. The van der Waals surface area contributed by atoms with Gasteiger partial charge in [0.25, 0.3) is 0 Å². The molecule has 1 aromatic carbocycles. The fraction of sp³-hybridized carbons (Fsp3) is 0.500. The van der Waals surface area contributed by atoms with E-state index in [-0.39, 0.29) is 12.1 Å². The quantitative estimate of drug-likeness (QED) is 0.874. The van der Waals surface area contributed by atoms with E-state index in [0.717, 1.165) is 23.4 Å². The molecule has 0 bridgehead atoms. The Labute approximate surface area is 130 Å². The number of rotatable bonds is 5. The number of anilines is 1. The normalized spacial score (nSPS) is 20.8. The Morgan fingerprint density at radius 2 is 2.14 bits per heavy atom. The van der Waals surface area contributed by atoms with Crippen LogP contribution in [0.2, 0.25) is 0 Å². The summed E-state index contributed by atoms with van der Waals surface area (Å²) in [6, 6.07) is 9.63. The number of carbonyl (C=O) groups is 1.